The first-order valence-corrected chi connectivity index (χ1v) is 5.93. The van der Waals surface area contributed by atoms with Crippen molar-refractivity contribution in [2.75, 3.05) is 13.7 Å². The van der Waals surface area contributed by atoms with Gasteiger partial charge in [-0.3, -0.25) is 0 Å². The van der Waals surface area contributed by atoms with Gasteiger partial charge in [-0.15, -0.1) is 0 Å². The lowest BCUT2D eigenvalue weighted by Gasteiger charge is -2.24. The molecule has 1 aromatic carbocycles. The van der Waals surface area contributed by atoms with Crippen LogP contribution < -0.4 is 5.32 Å². The van der Waals surface area contributed by atoms with Gasteiger partial charge in [0.2, 0.25) is 0 Å². The minimum Gasteiger partial charge on any atom is -0.453 e. The van der Waals surface area contributed by atoms with Gasteiger partial charge in [-0.2, -0.15) is 0 Å². The summed E-state index contributed by atoms with van der Waals surface area (Å²) in [5.74, 6) is 0. The summed E-state index contributed by atoms with van der Waals surface area (Å²) >= 11 is 0. The minimum absolute atomic E-state index is 0.159. The first kappa shape index (κ1) is 12.5. The highest BCUT2D eigenvalue weighted by Crippen LogP contribution is 2.29. The number of aromatic amines is 1. The zero-order chi connectivity index (χ0) is 13.2. The highest BCUT2D eigenvalue weighted by Gasteiger charge is 2.24. The van der Waals surface area contributed by atoms with Crippen LogP contribution in [-0.4, -0.2) is 24.7 Å². The Bertz CT molecular complexity index is 558. The summed E-state index contributed by atoms with van der Waals surface area (Å²) in [6, 6.07) is 8.15. The van der Waals surface area contributed by atoms with Crippen LogP contribution in [0.2, 0.25) is 0 Å². The van der Waals surface area contributed by atoms with Gasteiger partial charge in [-0.25, -0.2) is 4.79 Å². The smallest absolute Gasteiger partial charge is 0.406 e. The quantitative estimate of drug-likeness (QED) is 0.875. The molecule has 0 radical (unpaired) electrons. The lowest BCUT2D eigenvalue weighted by molar-refractivity contribution is 0.168. The predicted molar refractivity (Wildman–Crippen MR) is 71.7 cm³/mol. The Kier molecular flexibility index (Phi) is 3.28. The van der Waals surface area contributed by atoms with E-state index in [0.29, 0.717) is 6.54 Å². The second kappa shape index (κ2) is 4.72. The lowest BCUT2D eigenvalue weighted by atomic mass is 9.84. The molecule has 4 heteroatoms. The van der Waals surface area contributed by atoms with Crippen molar-refractivity contribution >= 4 is 17.0 Å². The molecule has 1 heterocycles. The van der Waals surface area contributed by atoms with Crippen LogP contribution in [-0.2, 0) is 10.2 Å². The van der Waals surface area contributed by atoms with Crippen LogP contribution in [0.15, 0.2) is 30.5 Å². The number of hydrogen-bond donors (Lipinski definition) is 2. The summed E-state index contributed by atoms with van der Waals surface area (Å²) in [6.45, 7) is 4.72. The molecule has 0 fully saturated rings. The van der Waals surface area contributed by atoms with E-state index in [2.05, 4.69) is 35.0 Å². The maximum Gasteiger partial charge on any atom is 0.406 e. The van der Waals surface area contributed by atoms with Gasteiger partial charge in [0.25, 0.3) is 0 Å². The Labute approximate surface area is 106 Å². The van der Waals surface area contributed by atoms with Crippen LogP contribution in [0.25, 0.3) is 10.9 Å². The van der Waals surface area contributed by atoms with Crippen LogP contribution in [0.4, 0.5) is 4.79 Å². The zero-order valence-corrected chi connectivity index (χ0v) is 10.9. The van der Waals surface area contributed by atoms with E-state index < -0.39 is 6.09 Å². The van der Waals surface area contributed by atoms with Gasteiger partial charge in [0.05, 0.1) is 7.11 Å². The van der Waals surface area contributed by atoms with Gasteiger partial charge in [-0.1, -0.05) is 32.0 Å². The first-order chi connectivity index (χ1) is 8.54. The number of fused-ring (bicyclic) bond motifs is 1. The van der Waals surface area contributed by atoms with Gasteiger partial charge in [0.1, 0.15) is 0 Å². The number of carbonyl (C=O) groups excluding carboxylic acids is 1. The Balaban J connectivity index is 2.26. The molecular weight excluding hydrogens is 228 g/mol. The molecule has 2 rings (SSSR count). The SMILES string of the molecule is COC(=O)NCC(C)(C)c1c[nH]c2ccccc12. The molecule has 0 spiro atoms. The van der Waals surface area contributed by atoms with E-state index in [1.165, 1.54) is 18.1 Å². The minimum atomic E-state index is -0.400. The van der Waals surface area contributed by atoms with Gasteiger partial charge in [-0.05, 0) is 11.6 Å². The predicted octanol–water partition coefficient (Wildman–Crippen LogP) is 2.80. The first-order valence-electron chi connectivity index (χ1n) is 5.93. The van der Waals surface area contributed by atoms with Crippen molar-refractivity contribution in [3.05, 3.63) is 36.0 Å². The highest BCUT2D eigenvalue weighted by molar-refractivity contribution is 5.84. The Morgan fingerprint density at radius 2 is 2.11 bits per heavy atom. The maximum atomic E-state index is 11.2. The molecule has 18 heavy (non-hydrogen) atoms. The third-order valence-corrected chi connectivity index (χ3v) is 3.18. The van der Waals surface area contributed by atoms with Crippen LogP contribution in [0.3, 0.4) is 0 Å². The normalized spacial score (nSPS) is 11.5. The lowest BCUT2D eigenvalue weighted by Crippen LogP contribution is -2.36. The van der Waals surface area contributed by atoms with Gasteiger partial charge < -0.3 is 15.0 Å². The number of nitrogens with one attached hydrogen (secondary N) is 2. The molecule has 2 aromatic rings. The zero-order valence-electron chi connectivity index (χ0n) is 10.9. The van der Waals surface area contributed by atoms with Crippen LogP contribution in [0, 0.1) is 0 Å². The van der Waals surface area contributed by atoms with Gasteiger partial charge in [0.15, 0.2) is 0 Å². The number of rotatable bonds is 3. The molecule has 1 amide bonds. The van der Waals surface area contributed by atoms with Crippen molar-refractivity contribution in [3.63, 3.8) is 0 Å². The molecule has 0 atom stereocenters. The van der Waals surface area contributed by atoms with E-state index in [-0.39, 0.29) is 5.41 Å². The van der Waals surface area contributed by atoms with E-state index in [1.54, 1.807) is 0 Å². The van der Waals surface area contributed by atoms with Crippen molar-refractivity contribution in [1.29, 1.82) is 0 Å². The summed E-state index contributed by atoms with van der Waals surface area (Å²) in [5.41, 5.74) is 2.14. The molecule has 0 aliphatic rings. The summed E-state index contributed by atoms with van der Waals surface area (Å²) in [6.07, 6.45) is 1.60. The topological polar surface area (TPSA) is 54.1 Å². The number of methoxy groups -OCH3 is 1. The van der Waals surface area contributed by atoms with E-state index >= 15 is 0 Å². The molecule has 2 N–H and O–H groups in total. The average Bonchev–Trinajstić information content (AvgIpc) is 2.80. The standard InChI is InChI=1S/C14H18N2O2/c1-14(2,9-16-13(17)18-3)11-8-15-12-7-5-4-6-10(11)12/h4-8,15H,9H2,1-3H3,(H,16,17). The second-order valence-electron chi connectivity index (χ2n) is 4.98. The van der Waals surface area contributed by atoms with E-state index in [0.717, 1.165) is 5.52 Å². The Hall–Kier alpha value is -1.97. The van der Waals surface area contributed by atoms with Crippen molar-refractivity contribution in [2.45, 2.75) is 19.3 Å². The fraction of sp³-hybridized carbons (Fsp3) is 0.357. The van der Waals surface area contributed by atoms with Crippen molar-refractivity contribution in [3.8, 4) is 0 Å². The number of amides is 1. The molecule has 0 saturated heterocycles. The van der Waals surface area contributed by atoms with Crippen LogP contribution in [0.5, 0.6) is 0 Å². The molecule has 0 unspecified atom stereocenters. The molecule has 0 aliphatic carbocycles. The van der Waals surface area contributed by atoms with E-state index in [1.807, 2.05) is 24.4 Å². The summed E-state index contributed by atoms with van der Waals surface area (Å²) in [4.78, 5) is 14.4. The maximum absolute atomic E-state index is 11.2. The van der Waals surface area contributed by atoms with Crippen molar-refractivity contribution in [1.82, 2.24) is 10.3 Å². The fourth-order valence-corrected chi connectivity index (χ4v) is 2.09. The molecule has 0 bridgehead atoms. The number of H-pyrrole nitrogens is 1. The number of hydrogen-bond acceptors (Lipinski definition) is 2. The van der Waals surface area contributed by atoms with Crippen molar-refractivity contribution in [2.24, 2.45) is 0 Å². The molecule has 96 valence electrons. The van der Waals surface area contributed by atoms with Crippen LogP contribution in [0.1, 0.15) is 19.4 Å². The average molecular weight is 246 g/mol. The Morgan fingerprint density at radius 3 is 2.83 bits per heavy atom. The number of carbonyl (C=O) groups is 1. The fourth-order valence-electron chi connectivity index (χ4n) is 2.09. The number of aromatic nitrogens is 1. The number of para-hydroxylation sites is 1. The Morgan fingerprint density at radius 1 is 1.39 bits per heavy atom. The third kappa shape index (κ3) is 2.32. The van der Waals surface area contributed by atoms with Gasteiger partial charge in [0, 0.05) is 29.1 Å². The van der Waals surface area contributed by atoms with Gasteiger partial charge >= 0.3 is 6.09 Å². The van der Waals surface area contributed by atoms with E-state index in [4.69, 9.17) is 0 Å². The molecule has 4 nitrogen and oxygen atoms in total. The van der Waals surface area contributed by atoms with Crippen molar-refractivity contribution < 1.29 is 9.53 Å². The molecular formula is C14H18N2O2. The molecule has 1 aromatic heterocycles. The summed E-state index contributed by atoms with van der Waals surface area (Å²) < 4.78 is 4.59. The number of ether oxygens (including phenoxy) is 1. The number of alkyl carbamates (subject to hydrolysis) is 1. The molecule has 0 aliphatic heterocycles. The van der Waals surface area contributed by atoms with Crippen LogP contribution >= 0.6 is 0 Å². The largest absolute Gasteiger partial charge is 0.453 e. The molecule has 0 saturated carbocycles. The van der Waals surface area contributed by atoms with E-state index in [9.17, 15) is 4.79 Å². The number of benzene rings is 1. The third-order valence-electron chi connectivity index (χ3n) is 3.18. The summed E-state index contributed by atoms with van der Waals surface area (Å²) in [5, 5.41) is 3.94. The highest BCUT2D eigenvalue weighted by atomic mass is 16.5. The monoisotopic (exact) mass is 246 g/mol. The second-order valence-corrected chi connectivity index (χ2v) is 4.98. The summed E-state index contributed by atoms with van der Waals surface area (Å²) in [7, 11) is 1.37.